The van der Waals surface area contributed by atoms with Crippen molar-refractivity contribution in [2.75, 3.05) is 58.3 Å². The largest absolute Gasteiger partial charge is 0.310 e. The quantitative estimate of drug-likeness (QED) is 0.508. The van der Waals surface area contributed by atoms with Gasteiger partial charge < -0.3 is 15.1 Å². The Morgan fingerprint density at radius 2 is 1.79 bits per heavy atom. The minimum absolute atomic E-state index is 0.104. The first kappa shape index (κ1) is 22.9. The first-order chi connectivity index (χ1) is 13.5. The summed E-state index contributed by atoms with van der Waals surface area (Å²) in [5.74, 6) is -0.864. The van der Waals surface area contributed by atoms with Crippen molar-refractivity contribution < 1.29 is 21.6 Å². The van der Waals surface area contributed by atoms with Crippen molar-refractivity contribution in [1.82, 2.24) is 19.4 Å². The Balaban J connectivity index is 1.82. The molecule has 0 aliphatic carbocycles. The minimum Gasteiger partial charge on any atom is -0.310 e. The second-order valence-corrected chi connectivity index (χ2v) is 12.8. The van der Waals surface area contributed by atoms with Gasteiger partial charge in [0.25, 0.3) is 5.91 Å². The lowest BCUT2D eigenvalue weighted by molar-refractivity contribution is -0.126. The lowest BCUT2D eigenvalue weighted by atomic mass is 9.94. The molecule has 3 aliphatic heterocycles. The maximum Gasteiger partial charge on any atom is 0.259 e. The Kier molecular flexibility index (Phi) is 6.65. The summed E-state index contributed by atoms with van der Waals surface area (Å²) in [4.78, 5) is 17.8. The van der Waals surface area contributed by atoms with Crippen LogP contribution >= 0.6 is 0 Å². The summed E-state index contributed by atoms with van der Waals surface area (Å²) >= 11 is 0. The number of amides is 1. The standard InChI is InChI=1S/C18H34N4O5S2/c1-4-7-18(16-15(6-8-19-16)22(17(18)23)28(3,24)25)29(26,27)14-5-9-21-12-10-20(2)11-13-21/h15-16,19H,4-14H2,1-3H3/t15-,16+,18+/m0/s1. The summed E-state index contributed by atoms with van der Waals surface area (Å²) in [6.07, 6.45) is 2.52. The van der Waals surface area contributed by atoms with E-state index < -0.39 is 42.6 Å². The highest BCUT2D eigenvalue weighted by Crippen LogP contribution is 2.44. The highest BCUT2D eigenvalue weighted by molar-refractivity contribution is 7.94. The van der Waals surface area contributed by atoms with E-state index in [4.69, 9.17) is 0 Å². The first-order valence-corrected chi connectivity index (χ1v) is 13.9. The molecule has 0 radical (unpaired) electrons. The van der Waals surface area contributed by atoms with E-state index in [1.165, 1.54) is 0 Å². The van der Waals surface area contributed by atoms with Crippen LogP contribution in [0.1, 0.15) is 32.6 Å². The molecule has 0 bridgehead atoms. The SMILES string of the molecule is CCC[C@]1(S(=O)(=O)CCCN2CCN(C)CC2)C(=O)N(S(C)(=O)=O)[C@H]2CCN[C@H]21. The number of rotatable bonds is 8. The molecule has 3 fully saturated rings. The highest BCUT2D eigenvalue weighted by Gasteiger charge is 2.68. The molecule has 3 atom stereocenters. The van der Waals surface area contributed by atoms with Crippen LogP contribution in [0.5, 0.6) is 0 Å². The van der Waals surface area contributed by atoms with Crippen LogP contribution in [0.25, 0.3) is 0 Å². The monoisotopic (exact) mass is 450 g/mol. The molecule has 3 aliphatic rings. The molecule has 0 unspecified atom stereocenters. The predicted octanol–water partition coefficient (Wildman–Crippen LogP) is -0.890. The molecular weight excluding hydrogens is 416 g/mol. The van der Waals surface area contributed by atoms with Gasteiger partial charge in [-0.2, -0.15) is 0 Å². The summed E-state index contributed by atoms with van der Waals surface area (Å²) < 4.78 is 50.9. The topological polar surface area (TPSA) is 107 Å². The van der Waals surface area contributed by atoms with Gasteiger partial charge in [-0.1, -0.05) is 13.3 Å². The molecule has 3 saturated heterocycles. The van der Waals surface area contributed by atoms with Crippen molar-refractivity contribution in [3.63, 3.8) is 0 Å². The number of carbonyl (C=O) groups excluding carboxylic acids is 1. The summed E-state index contributed by atoms with van der Waals surface area (Å²) in [7, 11) is -5.61. The number of likely N-dealkylation sites (N-methyl/N-ethyl adjacent to an activating group) is 1. The fourth-order valence-electron chi connectivity index (χ4n) is 5.13. The van der Waals surface area contributed by atoms with Gasteiger partial charge >= 0.3 is 0 Å². The van der Waals surface area contributed by atoms with Crippen LogP contribution in [0, 0.1) is 0 Å². The normalized spacial score (nSPS) is 32.1. The van der Waals surface area contributed by atoms with Crippen LogP contribution in [0.15, 0.2) is 0 Å². The van der Waals surface area contributed by atoms with Crippen LogP contribution in [0.3, 0.4) is 0 Å². The number of hydrogen-bond acceptors (Lipinski definition) is 8. The van der Waals surface area contributed by atoms with Gasteiger partial charge in [-0.3, -0.25) is 4.79 Å². The first-order valence-electron chi connectivity index (χ1n) is 10.4. The highest BCUT2D eigenvalue weighted by atomic mass is 32.2. The molecule has 1 N–H and O–H groups in total. The van der Waals surface area contributed by atoms with Gasteiger partial charge in [0, 0.05) is 26.2 Å². The fraction of sp³-hybridized carbons (Fsp3) is 0.944. The van der Waals surface area contributed by atoms with Gasteiger partial charge in [0.2, 0.25) is 10.0 Å². The Bertz CT molecular complexity index is 823. The lowest BCUT2D eigenvalue weighted by Gasteiger charge is -2.34. The Morgan fingerprint density at radius 1 is 1.14 bits per heavy atom. The number of sulfone groups is 1. The van der Waals surface area contributed by atoms with Crippen molar-refractivity contribution in [3.8, 4) is 0 Å². The summed E-state index contributed by atoms with van der Waals surface area (Å²) in [5.41, 5.74) is 0. The maximum absolute atomic E-state index is 13.6. The van der Waals surface area contributed by atoms with E-state index >= 15 is 0 Å². The van der Waals surface area contributed by atoms with Gasteiger partial charge in [-0.05, 0) is 39.4 Å². The Hall–Kier alpha value is -0.750. The predicted molar refractivity (Wildman–Crippen MR) is 112 cm³/mol. The molecule has 0 aromatic rings. The van der Waals surface area contributed by atoms with Crippen molar-refractivity contribution in [2.24, 2.45) is 0 Å². The molecule has 0 aromatic carbocycles. The summed E-state index contributed by atoms with van der Waals surface area (Å²) in [6.45, 7) is 6.75. The van der Waals surface area contributed by atoms with Crippen molar-refractivity contribution >= 4 is 25.8 Å². The zero-order valence-corrected chi connectivity index (χ0v) is 19.3. The number of piperazine rings is 1. The number of nitrogens with zero attached hydrogens (tertiary/aromatic N) is 3. The van der Waals surface area contributed by atoms with Crippen LogP contribution in [-0.2, 0) is 24.7 Å². The van der Waals surface area contributed by atoms with E-state index in [0.717, 1.165) is 36.7 Å². The van der Waals surface area contributed by atoms with Crippen LogP contribution in [-0.4, -0.2) is 112 Å². The number of nitrogens with one attached hydrogen (secondary N) is 1. The van der Waals surface area contributed by atoms with Crippen LogP contribution in [0.4, 0.5) is 0 Å². The van der Waals surface area contributed by atoms with E-state index in [2.05, 4.69) is 22.2 Å². The molecule has 168 valence electrons. The molecular formula is C18H34N4O5S2. The molecule has 3 heterocycles. The zero-order chi connectivity index (χ0) is 21.4. The van der Waals surface area contributed by atoms with E-state index in [1.54, 1.807) is 0 Å². The van der Waals surface area contributed by atoms with Gasteiger partial charge in [0.1, 0.15) is 0 Å². The van der Waals surface area contributed by atoms with Crippen molar-refractivity contribution in [2.45, 2.75) is 49.4 Å². The molecule has 11 heteroatoms. The van der Waals surface area contributed by atoms with E-state index in [0.29, 0.717) is 32.4 Å². The molecule has 29 heavy (non-hydrogen) atoms. The third-order valence-electron chi connectivity index (χ3n) is 6.57. The third kappa shape index (κ3) is 4.08. The average molecular weight is 451 g/mol. The average Bonchev–Trinajstić information content (AvgIpc) is 3.17. The maximum atomic E-state index is 13.6. The third-order valence-corrected chi connectivity index (χ3v) is 10.3. The van der Waals surface area contributed by atoms with E-state index in [1.807, 2.05) is 6.92 Å². The number of sulfonamides is 1. The van der Waals surface area contributed by atoms with E-state index in [9.17, 15) is 21.6 Å². The van der Waals surface area contributed by atoms with Gasteiger partial charge in [-0.25, -0.2) is 21.1 Å². The molecule has 0 saturated carbocycles. The van der Waals surface area contributed by atoms with Crippen LogP contribution in [0.2, 0.25) is 0 Å². The minimum atomic E-state index is -3.85. The Morgan fingerprint density at radius 3 is 2.38 bits per heavy atom. The number of fused-ring (bicyclic) bond motifs is 1. The molecule has 3 rings (SSSR count). The van der Waals surface area contributed by atoms with Gasteiger partial charge in [-0.15, -0.1) is 0 Å². The second kappa shape index (κ2) is 8.41. The zero-order valence-electron chi connectivity index (χ0n) is 17.6. The Labute approximate surface area is 174 Å². The summed E-state index contributed by atoms with van der Waals surface area (Å²) in [5, 5.41) is 3.16. The van der Waals surface area contributed by atoms with E-state index in [-0.39, 0.29) is 12.2 Å². The molecule has 0 aromatic heterocycles. The molecule has 9 nitrogen and oxygen atoms in total. The van der Waals surface area contributed by atoms with Crippen molar-refractivity contribution in [1.29, 1.82) is 0 Å². The number of hydrogen-bond donors (Lipinski definition) is 1. The smallest absolute Gasteiger partial charge is 0.259 e. The van der Waals surface area contributed by atoms with Crippen LogP contribution < -0.4 is 5.32 Å². The molecule has 1 amide bonds. The van der Waals surface area contributed by atoms with Crippen molar-refractivity contribution in [3.05, 3.63) is 0 Å². The molecule has 0 spiro atoms. The summed E-state index contributed by atoms with van der Waals surface area (Å²) in [6, 6.07) is -1.28. The number of carbonyl (C=O) groups is 1. The second-order valence-electron chi connectivity index (χ2n) is 8.61. The van der Waals surface area contributed by atoms with Gasteiger partial charge in [0.05, 0.1) is 24.1 Å². The lowest BCUT2D eigenvalue weighted by Crippen LogP contribution is -2.57. The van der Waals surface area contributed by atoms with Gasteiger partial charge in [0.15, 0.2) is 14.6 Å². The fourth-order valence-corrected chi connectivity index (χ4v) is 8.75.